The van der Waals surface area contributed by atoms with E-state index in [1.54, 1.807) is 0 Å². The fourth-order valence-corrected chi connectivity index (χ4v) is 2.80. The van der Waals surface area contributed by atoms with Crippen molar-refractivity contribution in [3.8, 4) is 11.5 Å². The quantitative estimate of drug-likeness (QED) is 0.512. The van der Waals surface area contributed by atoms with Gasteiger partial charge in [0.2, 0.25) is 0 Å². The maximum Gasteiger partial charge on any atom is 0.262 e. The summed E-state index contributed by atoms with van der Waals surface area (Å²) in [4.78, 5) is 12.1. The lowest BCUT2D eigenvalue weighted by molar-refractivity contribution is -0.118. The lowest BCUT2D eigenvalue weighted by Gasteiger charge is -2.11. The summed E-state index contributed by atoms with van der Waals surface area (Å²) < 4.78 is 11.3. The van der Waals surface area contributed by atoms with E-state index in [0.29, 0.717) is 11.4 Å². The monoisotopic (exact) mass is 389 g/mol. The minimum atomic E-state index is -0.214. The maximum absolute atomic E-state index is 12.1. The van der Waals surface area contributed by atoms with Crippen molar-refractivity contribution in [1.29, 1.82) is 0 Å². The van der Waals surface area contributed by atoms with Gasteiger partial charge in [-0.15, -0.1) is 0 Å². The predicted octanol–water partition coefficient (Wildman–Crippen LogP) is 5.93. The second-order valence-electron chi connectivity index (χ2n) is 6.64. The third kappa shape index (κ3) is 7.14. The fraction of sp³-hybridized carbons (Fsp3) is 0.409. The van der Waals surface area contributed by atoms with Crippen molar-refractivity contribution in [2.75, 3.05) is 18.5 Å². The second kappa shape index (κ2) is 10.8. The zero-order chi connectivity index (χ0) is 19.6. The van der Waals surface area contributed by atoms with Gasteiger partial charge >= 0.3 is 0 Å². The first-order chi connectivity index (χ1) is 13.0. The van der Waals surface area contributed by atoms with Gasteiger partial charge < -0.3 is 14.8 Å². The molecule has 2 aromatic carbocycles. The van der Waals surface area contributed by atoms with Crippen LogP contribution < -0.4 is 14.8 Å². The van der Waals surface area contributed by atoms with Crippen LogP contribution in [-0.2, 0) is 4.79 Å². The van der Waals surface area contributed by atoms with E-state index in [1.807, 2.05) is 50.2 Å². The molecular weight excluding hydrogens is 362 g/mol. The number of anilines is 1. The van der Waals surface area contributed by atoms with Crippen molar-refractivity contribution in [3.63, 3.8) is 0 Å². The SMILES string of the molecule is CCCCCCOc1ccc(NC(=O)COc2cc(C)c(Cl)c(C)c2)cc1. The average Bonchev–Trinajstić information content (AvgIpc) is 2.65. The predicted molar refractivity (Wildman–Crippen MR) is 111 cm³/mol. The van der Waals surface area contributed by atoms with Crippen LogP contribution in [-0.4, -0.2) is 19.1 Å². The van der Waals surface area contributed by atoms with E-state index in [1.165, 1.54) is 19.3 Å². The Bertz CT molecular complexity index is 721. The molecule has 4 nitrogen and oxygen atoms in total. The van der Waals surface area contributed by atoms with Gasteiger partial charge in [-0.1, -0.05) is 37.8 Å². The summed E-state index contributed by atoms with van der Waals surface area (Å²) in [5.41, 5.74) is 2.57. The third-order valence-corrected chi connectivity index (χ3v) is 4.78. The number of carbonyl (C=O) groups excluding carboxylic acids is 1. The summed E-state index contributed by atoms with van der Waals surface area (Å²) in [6, 6.07) is 11.0. The number of unbranched alkanes of at least 4 members (excludes halogenated alkanes) is 3. The Kier molecular flexibility index (Phi) is 8.46. The summed E-state index contributed by atoms with van der Waals surface area (Å²) in [5.74, 6) is 1.23. The molecule has 5 heteroatoms. The molecule has 0 atom stereocenters. The van der Waals surface area contributed by atoms with E-state index in [9.17, 15) is 4.79 Å². The largest absolute Gasteiger partial charge is 0.494 e. The van der Waals surface area contributed by atoms with Crippen LogP contribution in [0.5, 0.6) is 11.5 Å². The summed E-state index contributed by atoms with van der Waals surface area (Å²) in [5, 5.41) is 3.54. The van der Waals surface area contributed by atoms with Gasteiger partial charge in [-0.05, 0) is 67.8 Å². The van der Waals surface area contributed by atoms with Crippen LogP contribution in [0.1, 0.15) is 43.7 Å². The van der Waals surface area contributed by atoms with Gasteiger partial charge in [0.25, 0.3) is 5.91 Å². The number of halogens is 1. The highest BCUT2D eigenvalue weighted by Gasteiger charge is 2.07. The van der Waals surface area contributed by atoms with Crippen LogP contribution in [0.3, 0.4) is 0 Å². The van der Waals surface area contributed by atoms with Gasteiger partial charge in [0, 0.05) is 10.7 Å². The van der Waals surface area contributed by atoms with E-state index in [0.717, 1.165) is 34.9 Å². The number of benzene rings is 2. The normalized spacial score (nSPS) is 10.5. The van der Waals surface area contributed by atoms with E-state index in [-0.39, 0.29) is 12.5 Å². The third-order valence-electron chi connectivity index (χ3n) is 4.18. The summed E-state index contributed by atoms with van der Waals surface area (Å²) in [7, 11) is 0. The van der Waals surface area contributed by atoms with Gasteiger partial charge in [-0.3, -0.25) is 4.79 Å². The smallest absolute Gasteiger partial charge is 0.262 e. The highest BCUT2D eigenvalue weighted by Crippen LogP contribution is 2.25. The number of hydrogen-bond donors (Lipinski definition) is 1. The lowest BCUT2D eigenvalue weighted by atomic mass is 10.1. The molecule has 146 valence electrons. The first-order valence-corrected chi connectivity index (χ1v) is 9.79. The topological polar surface area (TPSA) is 47.6 Å². The van der Waals surface area contributed by atoms with E-state index >= 15 is 0 Å². The van der Waals surface area contributed by atoms with E-state index in [4.69, 9.17) is 21.1 Å². The van der Waals surface area contributed by atoms with E-state index in [2.05, 4.69) is 12.2 Å². The maximum atomic E-state index is 12.1. The van der Waals surface area contributed by atoms with Gasteiger partial charge in [0.1, 0.15) is 11.5 Å². The minimum Gasteiger partial charge on any atom is -0.494 e. The Morgan fingerprint density at radius 2 is 1.63 bits per heavy atom. The zero-order valence-corrected chi connectivity index (χ0v) is 17.1. The van der Waals surface area contributed by atoms with Crippen LogP contribution in [0.4, 0.5) is 5.69 Å². The number of amides is 1. The molecule has 1 N–H and O–H groups in total. The Hall–Kier alpha value is -2.20. The second-order valence-corrected chi connectivity index (χ2v) is 7.02. The zero-order valence-electron chi connectivity index (χ0n) is 16.3. The number of hydrogen-bond acceptors (Lipinski definition) is 3. The molecule has 1 amide bonds. The molecule has 0 aliphatic heterocycles. The van der Waals surface area contributed by atoms with Gasteiger partial charge in [-0.2, -0.15) is 0 Å². The Morgan fingerprint density at radius 3 is 2.26 bits per heavy atom. The number of ether oxygens (including phenoxy) is 2. The molecule has 0 saturated carbocycles. The van der Waals surface area contributed by atoms with E-state index < -0.39 is 0 Å². The molecule has 0 fully saturated rings. The van der Waals surface area contributed by atoms with Crippen LogP contribution >= 0.6 is 11.6 Å². The number of rotatable bonds is 10. The van der Waals surface area contributed by atoms with Crippen LogP contribution in [0, 0.1) is 13.8 Å². The first kappa shape index (κ1) is 21.1. The van der Waals surface area contributed by atoms with Gasteiger partial charge in [-0.25, -0.2) is 0 Å². The van der Waals surface area contributed by atoms with Crippen molar-refractivity contribution >= 4 is 23.2 Å². The molecule has 2 aromatic rings. The number of carbonyl (C=O) groups is 1. The van der Waals surface area contributed by atoms with Crippen molar-refractivity contribution < 1.29 is 14.3 Å². The molecule has 27 heavy (non-hydrogen) atoms. The molecule has 0 bridgehead atoms. The fourth-order valence-electron chi connectivity index (χ4n) is 2.69. The van der Waals surface area contributed by atoms with Crippen LogP contribution in [0.2, 0.25) is 5.02 Å². The molecule has 0 aliphatic carbocycles. The van der Waals surface area contributed by atoms with Gasteiger partial charge in [0.15, 0.2) is 6.61 Å². The highest BCUT2D eigenvalue weighted by atomic mass is 35.5. The molecule has 0 aromatic heterocycles. The molecule has 0 spiro atoms. The summed E-state index contributed by atoms with van der Waals surface area (Å²) in [6.45, 7) is 6.68. The molecule has 0 heterocycles. The summed E-state index contributed by atoms with van der Waals surface area (Å²) in [6.07, 6.45) is 4.71. The molecule has 0 aliphatic rings. The van der Waals surface area contributed by atoms with Crippen molar-refractivity contribution in [3.05, 3.63) is 52.5 Å². The molecule has 0 unspecified atom stereocenters. The van der Waals surface area contributed by atoms with Gasteiger partial charge in [0.05, 0.1) is 6.61 Å². The minimum absolute atomic E-state index is 0.0593. The molecule has 0 radical (unpaired) electrons. The first-order valence-electron chi connectivity index (χ1n) is 9.42. The Labute approximate surface area is 166 Å². The lowest BCUT2D eigenvalue weighted by Crippen LogP contribution is -2.20. The molecular formula is C22H28ClNO3. The standard InChI is InChI=1S/C22H28ClNO3/c1-4-5-6-7-12-26-19-10-8-18(9-11-19)24-21(25)15-27-20-13-16(2)22(23)17(3)14-20/h8-11,13-14H,4-7,12,15H2,1-3H3,(H,24,25). The molecule has 2 rings (SSSR count). The van der Waals surface area contributed by atoms with Crippen LogP contribution in [0.25, 0.3) is 0 Å². The van der Waals surface area contributed by atoms with Crippen molar-refractivity contribution in [2.45, 2.75) is 46.5 Å². The Balaban J connectivity index is 1.77. The van der Waals surface area contributed by atoms with Crippen LogP contribution in [0.15, 0.2) is 36.4 Å². The van der Waals surface area contributed by atoms with Crippen molar-refractivity contribution in [1.82, 2.24) is 0 Å². The summed E-state index contributed by atoms with van der Waals surface area (Å²) >= 11 is 6.14. The molecule has 0 saturated heterocycles. The Morgan fingerprint density at radius 1 is 0.963 bits per heavy atom. The van der Waals surface area contributed by atoms with Crippen molar-refractivity contribution in [2.24, 2.45) is 0 Å². The number of aryl methyl sites for hydroxylation is 2. The highest BCUT2D eigenvalue weighted by molar-refractivity contribution is 6.32. The average molecular weight is 390 g/mol. The number of nitrogens with one attached hydrogen (secondary N) is 1.